The van der Waals surface area contributed by atoms with E-state index in [4.69, 9.17) is 9.15 Å². The summed E-state index contributed by atoms with van der Waals surface area (Å²) in [5.74, 6) is 1.29. The predicted octanol–water partition coefficient (Wildman–Crippen LogP) is 1.99. The number of rotatable bonds is 5. The molecule has 21 heavy (non-hydrogen) atoms. The Hall–Kier alpha value is -2.18. The number of nitrogens with zero attached hydrogens (tertiary/aromatic N) is 4. The highest BCUT2D eigenvalue weighted by Gasteiger charge is 2.34. The molecule has 7 heteroatoms. The Morgan fingerprint density at radius 3 is 2.76 bits per heavy atom. The summed E-state index contributed by atoms with van der Waals surface area (Å²) in [4.78, 5) is 16.3. The van der Waals surface area contributed by atoms with Crippen LogP contribution in [-0.4, -0.2) is 32.6 Å². The molecule has 0 bridgehead atoms. The molecule has 0 spiro atoms. The highest BCUT2D eigenvalue weighted by atomic mass is 16.5. The number of oxazole rings is 1. The maximum Gasteiger partial charge on any atom is 0.360 e. The quantitative estimate of drug-likeness (QED) is 0.783. The molecular formula is C14H18N4O3. The van der Waals surface area contributed by atoms with Gasteiger partial charge in [-0.15, -0.1) is 5.10 Å². The fourth-order valence-corrected chi connectivity index (χ4v) is 2.28. The van der Waals surface area contributed by atoms with Gasteiger partial charge in [-0.3, -0.25) is 0 Å². The third-order valence-corrected chi connectivity index (χ3v) is 3.56. The fraction of sp³-hybridized carbons (Fsp3) is 0.571. The molecule has 1 fully saturated rings. The molecule has 2 heterocycles. The predicted molar refractivity (Wildman–Crippen MR) is 73.0 cm³/mol. The minimum Gasteiger partial charge on any atom is -0.461 e. The molecule has 1 aliphatic rings. The average molecular weight is 290 g/mol. The van der Waals surface area contributed by atoms with Crippen molar-refractivity contribution in [2.24, 2.45) is 0 Å². The first kappa shape index (κ1) is 13.8. The maximum atomic E-state index is 11.9. The van der Waals surface area contributed by atoms with E-state index in [0.29, 0.717) is 30.7 Å². The van der Waals surface area contributed by atoms with Gasteiger partial charge < -0.3 is 9.15 Å². The van der Waals surface area contributed by atoms with Crippen LogP contribution < -0.4 is 0 Å². The van der Waals surface area contributed by atoms with Gasteiger partial charge in [-0.2, -0.15) is 0 Å². The molecule has 0 amide bonds. The summed E-state index contributed by atoms with van der Waals surface area (Å²) in [5, 5.41) is 8.07. The van der Waals surface area contributed by atoms with Crippen LogP contribution in [0.2, 0.25) is 0 Å². The molecule has 0 aliphatic heterocycles. The van der Waals surface area contributed by atoms with E-state index in [-0.39, 0.29) is 0 Å². The first-order chi connectivity index (χ1) is 10.1. The Morgan fingerprint density at radius 2 is 2.19 bits per heavy atom. The Morgan fingerprint density at radius 1 is 1.43 bits per heavy atom. The molecule has 0 atom stereocenters. The molecule has 7 nitrogen and oxygen atoms in total. The van der Waals surface area contributed by atoms with Crippen LogP contribution in [0.15, 0.2) is 4.42 Å². The summed E-state index contributed by atoms with van der Waals surface area (Å²) in [6.07, 6.45) is 2.09. The van der Waals surface area contributed by atoms with Crippen molar-refractivity contribution in [2.75, 3.05) is 6.61 Å². The zero-order valence-electron chi connectivity index (χ0n) is 12.4. The van der Waals surface area contributed by atoms with Crippen LogP contribution in [0.4, 0.5) is 0 Å². The molecule has 0 aromatic carbocycles. The number of aryl methyl sites for hydroxylation is 2. The Kier molecular flexibility index (Phi) is 3.48. The third kappa shape index (κ3) is 2.68. The van der Waals surface area contributed by atoms with Crippen molar-refractivity contribution in [3.8, 4) is 0 Å². The van der Waals surface area contributed by atoms with Crippen molar-refractivity contribution < 1.29 is 13.9 Å². The molecule has 0 N–H and O–H groups in total. The molecular weight excluding hydrogens is 272 g/mol. The first-order valence-corrected chi connectivity index (χ1v) is 7.13. The van der Waals surface area contributed by atoms with E-state index in [0.717, 1.165) is 30.0 Å². The van der Waals surface area contributed by atoms with Crippen molar-refractivity contribution in [1.29, 1.82) is 0 Å². The Labute approximate surface area is 122 Å². The van der Waals surface area contributed by atoms with Gasteiger partial charge in [0.25, 0.3) is 0 Å². The lowest BCUT2D eigenvalue weighted by Crippen LogP contribution is -2.11. The van der Waals surface area contributed by atoms with Crippen LogP contribution in [0.25, 0.3) is 0 Å². The number of hydrogen-bond acceptors (Lipinski definition) is 6. The van der Waals surface area contributed by atoms with Gasteiger partial charge in [0.1, 0.15) is 12.3 Å². The topological polar surface area (TPSA) is 83.0 Å². The second kappa shape index (κ2) is 5.31. The van der Waals surface area contributed by atoms with Crippen molar-refractivity contribution in [1.82, 2.24) is 20.0 Å². The molecule has 1 saturated carbocycles. The first-order valence-electron chi connectivity index (χ1n) is 7.13. The number of hydrogen-bond donors (Lipinski definition) is 0. The van der Waals surface area contributed by atoms with Gasteiger partial charge in [0, 0.05) is 5.92 Å². The monoisotopic (exact) mass is 290 g/mol. The lowest BCUT2D eigenvalue weighted by atomic mass is 10.2. The van der Waals surface area contributed by atoms with Gasteiger partial charge in [0.05, 0.1) is 18.0 Å². The summed E-state index contributed by atoms with van der Waals surface area (Å²) >= 11 is 0. The minimum absolute atomic E-state index is 0.319. The van der Waals surface area contributed by atoms with E-state index in [9.17, 15) is 4.79 Å². The van der Waals surface area contributed by atoms with E-state index in [2.05, 4.69) is 15.3 Å². The highest BCUT2D eigenvalue weighted by Crippen LogP contribution is 2.41. The maximum absolute atomic E-state index is 11.9. The highest BCUT2D eigenvalue weighted by molar-refractivity contribution is 5.88. The zero-order chi connectivity index (χ0) is 15.0. The van der Waals surface area contributed by atoms with E-state index >= 15 is 0 Å². The van der Waals surface area contributed by atoms with Crippen LogP contribution in [0.1, 0.15) is 59.2 Å². The summed E-state index contributed by atoms with van der Waals surface area (Å²) in [6.45, 7) is 6.26. The van der Waals surface area contributed by atoms with Gasteiger partial charge in [-0.25, -0.2) is 14.5 Å². The molecule has 112 valence electrons. The number of aromatic nitrogens is 4. The van der Waals surface area contributed by atoms with Gasteiger partial charge in [-0.05, 0) is 33.6 Å². The Bertz CT molecular complexity index is 650. The molecule has 0 unspecified atom stereocenters. The second-order valence-electron chi connectivity index (χ2n) is 5.22. The molecule has 2 aromatic rings. The minimum atomic E-state index is -0.412. The SMILES string of the molecule is CCOC(=O)c1nnn(Cc2nc(C)c(C)o2)c1C1CC1. The summed E-state index contributed by atoms with van der Waals surface area (Å²) in [5.41, 5.74) is 2.02. The average Bonchev–Trinajstić information content (AvgIpc) is 3.12. The van der Waals surface area contributed by atoms with Crippen LogP contribution >= 0.6 is 0 Å². The Balaban J connectivity index is 1.90. The van der Waals surface area contributed by atoms with Gasteiger partial charge >= 0.3 is 5.97 Å². The zero-order valence-corrected chi connectivity index (χ0v) is 12.4. The van der Waals surface area contributed by atoms with E-state index in [1.807, 2.05) is 13.8 Å². The smallest absolute Gasteiger partial charge is 0.360 e. The lowest BCUT2D eigenvalue weighted by Gasteiger charge is -2.04. The van der Waals surface area contributed by atoms with Crippen LogP contribution in [0.3, 0.4) is 0 Å². The van der Waals surface area contributed by atoms with Gasteiger partial charge in [0.15, 0.2) is 5.69 Å². The van der Waals surface area contributed by atoms with E-state index in [1.165, 1.54) is 0 Å². The standard InChI is InChI=1S/C14H18N4O3/c1-4-20-14(19)12-13(10-5-6-10)18(17-16-12)7-11-15-8(2)9(3)21-11/h10H,4-7H2,1-3H3. The molecule has 3 rings (SSSR count). The van der Waals surface area contributed by atoms with Crippen molar-refractivity contribution in [3.63, 3.8) is 0 Å². The number of esters is 1. The third-order valence-electron chi connectivity index (χ3n) is 3.56. The van der Waals surface area contributed by atoms with Crippen LogP contribution in [0.5, 0.6) is 0 Å². The number of carbonyl (C=O) groups is 1. The fourth-order valence-electron chi connectivity index (χ4n) is 2.28. The number of carbonyl (C=O) groups excluding carboxylic acids is 1. The second-order valence-corrected chi connectivity index (χ2v) is 5.22. The molecule has 2 aromatic heterocycles. The van der Waals surface area contributed by atoms with Gasteiger partial charge in [0.2, 0.25) is 5.89 Å². The number of ether oxygens (including phenoxy) is 1. The largest absolute Gasteiger partial charge is 0.461 e. The molecule has 1 aliphatic carbocycles. The van der Waals surface area contributed by atoms with E-state index in [1.54, 1.807) is 11.6 Å². The molecule has 0 radical (unpaired) electrons. The van der Waals surface area contributed by atoms with Crippen molar-refractivity contribution >= 4 is 5.97 Å². The normalized spacial score (nSPS) is 14.4. The van der Waals surface area contributed by atoms with Crippen molar-refractivity contribution in [2.45, 2.75) is 46.1 Å². The van der Waals surface area contributed by atoms with E-state index < -0.39 is 5.97 Å². The van der Waals surface area contributed by atoms with Crippen LogP contribution in [-0.2, 0) is 11.3 Å². The summed E-state index contributed by atoms with van der Waals surface area (Å²) < 4.78 is 12.3. The van der Waals surface area contributed by atoms with Crippen molar-refractivity contribution in [3.05, 3.63) is 28.7 Å². The summed E-state index contributed by atoms with van der Waals surface area (Å²) in [6, 6.07) is 0. The van der Waals surface area contributed by atoms with Crippen LogP contribution in [0, 0.1) is 13.8 Å². The molecule has 0 saturated heterocycles. The lowest BCUT2D eigenvalue weighted by molar-refractivity contribution is 0.0518. The van der Waals surface area contributed by atoms with Gasteiger partial charge in [-0.1, -0.05) is 5.21 Å². The summed E-state index contributed by atoms with van der Waals surface area (Å²) in [7, 11) is 0.